The molecular weight excluding hydrogens is 283 g/mol. The quantitative estimate of drug-likeness (QED) is 0.930. The van der Waals surface area contributed by atoms with Crippen molar-refractivity contribution in [2.75, 3.05) is 20.2 Å². The number of nitrogens with zero attached hydrogens (tertiary/aromatic N) is 1. The number of benzene rings is 1. The zero-order valence-electron chi connectivity index (χ0n) is 11.6. The molecule has 0 saturated carbocycles. The maximum absolute atomic E-state index is 13.8. The third-order valence-electron chi connectivity index (χ3n) is 3.49. The van der Waals surface area contributed by atoms with Gasteiger partial charge in [0.15, 0.2) is 11.6 Å². The number of carbonyl (C=O) groups excluding carboxylic acids is 1. The van der Waals surface area contributed by atoms with Crippen LogP contribution in [0.4, 0.5) is 4.39 Å². The van der Waals surface area contributed by atoms with E-state index in [-0.39, 0.29) is 22.7 Å². The molecule has 1 aromatic rings. The van der Waals surface area contributed by atoms with Gasteiger partial charge in [-0.15, -0.1) is 0 Å². The van der Waals surface area contributed by atoms with E-state index in [2.05, 4.69) is 10.2 Å². The molecule has 0 spiro atoms. The topological polar surface area (TPSA) is 41.6 Å². The van der Waals surface area contributed by atoms with Crippen LogP contribution in [0, 0.1) is 5.82 Å². The van der Waals surface area contributed by atoms with Gasteiger partial charge >= 0.3 is 0 Å². The molecule has 20 heavy (non-hydrogen) atoms. The van der Waals surface area contributed by atoms with Crippen LogP contribution in [0.15, 0.2) is 12.1 Å². The number of nitrogens with one attached hydrogen (secondary N) is 1. The molecule has 1 atom stereocenters. The molecule has 0 aliphatic carbocycles. The molecule has 110 valence electrons. The molecule has 1 N–H and O–H groups in total. The Balaban J connectivity index is 2.14. The zero-order chi connectivity index (χ0) is 14.7. The van der Waals surface area contributed by atoms with Crippen molar-refractivity contribution in [3.05, 3.63) is 28.5 Å². The summed E-state index contributed by atoms with van der Waals surface area (Å²) in [7, 11) is 1.39. The molecule has 1 aliphatic heterocycles. The summed E-state index contributed by atoms with van der Waals surface area (Å²) in [6.45, 7) is 3.84. The fraction of sp³-hybridized carbons (Fsp3) is 0.500. The van der Waals surface area contributed by atoms with Gasteiger partial charge in [0.1, 0.15) is 0 Å². The third kappa shape index (κ3) is 3.41. The number of ether oxygens (including phenoxy) is 1. The minimum Gasteiger partial charge on any atom is -0.492 e. The van der Waals surface area contributed by atoms with Crippen molar-refractivity contribution in [1.29, 1.82) is 0 Å². The fourth-order valence-electron chi connectivity index (χ4n) is 2.31. The van der Waals surface area contributed by atoms with E-state index in [1.54, 1.807) is 6.07 Å². The van der Waals surface area contributed by atoms with E-state index in [0.29, 0.717) is 26.1 Å². The maximum Gasteiger partial charge on any atom is 0.221 e. The number of hydrogen-bond acceptors (Lipinski definition) is 3. The molecule has 1 saturated heterocycles. The maximum atomic E-state index is 13.8. The third-order valence-corrected chi connectivity index (χ3v) is 3.77. The average molecular weight is 301 g/mol. The van der Waals surface area contributed by atoms with Crippen molar-refractivity contribution in [3.63, 3.8) is 0 Å². The smallest absolute Gasteiger partial charge is 0.221 e. The largest absolute Gasteiger partial charge is 0.492 e. The molecule has 4 nitrogen and oxygen atoms in total. The Morgan fingerprint density at radius 2 is 2.30 bits per heavy atom. The van der Waals surface area contributed by atoms with Crippen LogP contribution in [0.3, 0.4) is 0 Å². The van der Waals surface area contributed by atoms with E-state index in [1.165, 1.54) is 13.2 Å². The molecular formula is C14H18ClFN2O2. The van der Waals surface area contributed by atoms with E-state index >= 15 is 0 Å². The highest BCUT2D eigenvalue weighted by Crippen LogP contribution is 2.29. The Hall–Kier alpha value is -1.33. The van der Waals surface area contributed by atoms with Crippen LogP contribution in [0.1, 0.15) is 18.9 Å². The van der Waals surface area contributed by atoms with Gasteiger partial charge in [-0.25, -0.2) is 4.39 Å². The lowest BCUT2D eigenvalue weighted by Gasteiger charge is -2.26. The Morgan fingerprint density at radius 3 is 2.95 bits per heavy atom. The van der Waals surface area contributed by atoms with Crippen molar-refractivity contribution < 1.29 is 13.9 Å². The van der Waals surface area contributed by atoms with Gasteiger partial charge in [0, 0.05) is 32.1 Å². The first-order valence-corrected chi connectivity index (χ1v) is 6.91. The van der Waals surface area contributed by atoms with Gasteiger partial charge in [-0.05, 0) is 24.6 Å². The zero-order valence-corrected chi connectivity index (χ0v) is 12.3. The first-order chi connectivity index (χ1) is 9.51. The monoisotopic (exact) mass is 300 g/mol. The second-order valence-corrected chi connectivity index (χ2v) is 5.37. The predicted molar refractivity (Wildman–Crippen MR) is 75.5 cm³/mol. The fourth-order valence-corrected chi connectivity index (χ4v) is 2.62. The van der Waals surface area contributed by atoms with Crippen molar-refractivity contribution in [2.24, 2.45) is 0 Å². The summed E-state index contributed by atoms with van der Waals surface area (Å²) in [5.74, 6) is -0.346. The van der Waals surface area contributed by atoms with Crippen LogP contribution < -0.4 is 10.1 Å². The highest BCUT2D eigenvalue weighted by atomic mass is 35.5. The lowest BCUT2D eigenvalue weighted by molar-refractivity contribution is -0.120. The summed E-state index contributed by atoms with van der Waals surface area (Å²) in [6, 6.07) is 3.33. The molecule has 2 rings (SSSR count). The van der Waals surface area contributed by atoms with Crippen LogP contribution in [0.2, 0.25) is 5.02 Å². The Labute approximate surface area is 122 Å². The average Bonchev–Trinajstić information content (AvgIpc) is 2.54. The standard InChI is InChI=1S/C14H18ClFN2O2/c1-9-7-17-13(19)3-4-18(9)8-10-5-11(15)14(20-2)12(16)6-10/h5-6,9H,3-4,7-8H2,1-2H3,(H,17,19)/t9-/m0/s1. The summed E-state index contributed by atoms with van der Waals surface area (Å²) < 4.78 is 18.7. The first kappa shape index (κ1) is 15.1. The molecule has 0 bridgehead atoms. The van der Waals surface area contributed by atoms with Crippen molar-refractivity contribution >= 4 is 17.5 Å². The van der Waals surface area contributed by atoms with Crippen LogP contribution in [0.5, 0.6) is 5.75 Å². The van der Waals surface area contributed by atoms with Crippen molar-refractivity contribution in [2.45, 2.75) is 25.9 Å². The second-order valence-electron chi connectivity index (χ2n) is 4.97. The van der Waals surface area contributed by atoms with E-state index in [4.69, 9.17) is 16.3 Å². The van der Waals surface area contributed by atoms with E-state index in [0.717, 1.165) is 5.56 Å². The molecule has 1 aliphatic rings. The van der Waals surface area contributed by atoms with Crippen LogP contribution in [0.25, 0.3) is 0 Å². The van der Waals surface area contributed by atoms with Gasteiger partial charge < -0.3 is 10.1 Å². The van der Waals surface area contributed by atoms with Gasteiger partial charge in [0.2, 0.25) is 5.91 Å². The second kappa shape index (κ2) is 6.41. The lowest BCUT2D eigenvalue weighted by Crippen LogP contribution is -2.37. The summed E-state index contributed by atoms with van der Waals surface area (Å²) >= 11 is 5.99. The molecule has 0 radical (unpaired) electrons. The Morgan fingerprint density at radius 1 is 1.55 bits per heavy atom. The SMILES string of the molecule is COc1c(F)cc(CN2CCC(=O)NC[C@@H]2C)cc1Cl. The number of amides is 1. The van der Waals surface area contributed by atoms with Crippen molar-refractivity contribution in [3.8, 4) is 5.75 Å². The van der Waals surface area contributed by atoms with E-state index < -0.39 is 5.82 Å². The van der Waals surface area contributed by atoms with Gasteiger partial charge in [0.25, 0.3) is 0 Å². The summed E-state index contributed by atoms with van der Waals surface area (Å²) in [6.07, 6.45) is 0.455. The number of rotatable bonds is 3. The van der Waals surface area contributed by atoms with Gasteiger partial charge in [-0.1, -0.05) is 11.6 Å². The molecule has 1 aromatic carbocycles. The van der Waals surface area contributed by atoms with Crippen LogP contribution in [-0.2, 0) is 11.3 Å². The Kier molecular flexibility index (Phi) is 4.83. The normalized spacial score (nSPS) is 20.4. The molecule has 1 heterocycles. The predicted octanol–water partition coefficient (Wildman–Crippen LogP) is 2.20. The minimum atomic E-state index is -0.466. The highest BCUT2D eigenvalue weighted by Gasteiger charge is 2.21. The minimum absolute atomic E-state index is 0.0540. The molecule has 1 fully saturated rings. The van der Waals surface area contributed by atoms with Gasteiger partial charge in [0.05, 0.1) is 12.1 Å². The van der Waals surface area contributed by atoms with Crippen LogP contribution in [-0.4, -0.2) is 37.0 Å². The lowest BCUT2D eigenvalue weighted by atomic mass is 10.1. The molecule has 6 heteroatoms. The number of hydrogen-bond donors (Lipinski definition) is 1. The molecule has 0 aromatic heterocycles. The van der Waals surface area contributed by atoms with E-state index in [1.807, 2.05) is 6.92 Å². The number of methoxy groups -OCH3 is 1. The van der Waals surface area contributed by atoms with Gasteiger partial charge in [-0.2, -0.15) is 0 Å². The molecule has 1 amide bonds. The summed E-state index contributed by atoms with van der Waals surface area (Å²) in [5, 5.41) is 3.11. The molecule has 0 unspecified atom stereocenters. The summed E-state index contributed by atoms with van der Waals surface area (Å²) in [4.78, 5) is 13.5. The summed E-state index contributed by atoms with van der Waals surface area (Å²) in [5.41, 5.74) is 0.773. The number of halogens is 2. The van der Waals surface area contributed by atoms with Crippen molar-refractivity contribution in [1.82, 2.24) is 10.2 Å². The Bertz CT molecular complexity index is 487. The van der Waals surface area contributed by atoms with Gasteiger partial charge in [-0.3, -0.25) is 9.69 Å². The number of carbonyl (C=O) groups is 1. The van der Waals surface area contributed by atoms with Crippen LogP contribution >= 0.6 is 11.6 Å². The highest BCUT2D eigenvalue weighted by molar-refractivity contribution is 6.32. The first-order valence-electron chi connectivity index (χ1n) is 6.54. The van der Waals surface area contributed by atoms with E-state index in [9.17, 15) is 9.18 Å².